The number of piperidine rings is 1. The molecule has 8 heteroatoms. The van der Waals surface area contributed by atoms with Gasteiger partial charge in [0.2, 0.25) is 5.91 Å². The molecule has 1 fully saturated rings. The van der Waals surface area contributed by atoms with E-state index in [4.69, 9.17) is 4.74 Å². The number of hydrogen-bond acceptors (Lipinski definition) is 5. The lowest BCUT2D eigenvalue weighted by atomic mass is 9.97. The summed E-state index contributed by atoms with van der Waals surface area (Å²) in [6, 6.07) is 15.5. The third kappa shape index (κ3) is 5.22. The molecule has 4 rings (SSSR count). The van der Waals surface area contributed by atoms with Crippen LogP contribution in [0.2, 0.25) is 0 Å². The molecule has 2 aromatic carbocycles. The van der Waals surface area contributed by atoms with Crippen molar-refractivity contribution in [3.05, 3.63) is 59.7 Å². The lowest BCUT2D eigenvalue weighted by molar-refractivity contribution is -0.146. The number of carbonyl (C=O) groups excluding carboxylic acids is 2. The van der Waals surface area contributed by atoms with E-state index in [0.29, 0.717) is 31.6 Å². The predicted molar refractivity (Wildman–Crippen MR) is 132 cm³/mol. The highest BCUT2D eigenvalue weighted by Gasteiger charge is 2.33. The zero-order chi connectivity index (χ0) is 24.1. The van der Waals surface area contributed by atoms with E-state index in [1.807, 2.05) is 30.5 Å². The molecule has 0 spiro atoms. The van der Waals surface area contributed by atoms with Gasteiger partial charge in [-0.3, -0.25) is 9.59 Å². The van der Waals surface area contributed by atoms with E-state index in [1.165, 1.54) is 0 Å². The number of nitrogens with zero attached hydrogens (tertiary/aromatic N) is 1. The summed E-state index contributed by atoms with van der Waals surface area (Å²) in [4.78, 5) is 38.9. The van der Waals surface area contributed by atoms with Crippen molar-refractivity contribution in [2.24, 2.45) is 5.92 Å². The van der Waals surface area contributed by atoms with Gasteiger partial charge in [0.15, 0.2) is 0 Å². The number of ether oxygens (including phenoxy) is 1. The number of aliphatic carboxylic acids is 1. The van der Waals surface area contributed by atoms with Gasteiger partial charge in [-0.1, -0.05) is 48.5 Å². The Labute approximate surface area is 203 Å². The van der Waals surface area contributed by atoms with Crippen molar-refractivity contribution >= 4 is 29.7 Å². The summed E-state index contributed by atoms with van der Waals surface area (Å²) in [7, 11) is 0. The van der Waals surface area contributed by atoms with Crippen molar-refractivity contribution in [3.63, 3.8) is 0 Å². The average molecular weight is 483 g/mol. The number of rotatable bonds is 8. The molecule has 1 saturated heterocycles. The van der Waals surface area contributed by atoms with E-state index in [2.05, 4.69) is 29.6 Å². The zero-order valence-electron chi connectivity index (χ0n) is 19.2. The topological polar surface area (TPSA) is 95.9 Å². The van der Waals surface area contributed by atoms with Crippen molar-refractivity contribution in [2.75, 3.05) is 31.7 Å². The molecule has 0 radical (unpaired) electrons. The summed E-state index contributed by atoms with van der Waals surface area (Å²) in [6.07, 6.45) is 2.97. The SMILES string of the molecule is CSCC[C@@H](NC(=O)OCC1c2ccccc2-c2ccccc21)C(=O)N1CCC[C@H](C(=O)O)C1. The minimum atomic E-state index is -0.886. The maximum absolute atomic E-state index is 13.1. The first-order valence-electron chi connectivity index (χ1n) is 11.6. The van der Waals surface area contributed by atoms with Gasteiger partial charge in [-0.15, -0.1) is 0 Å². The second-order valence-corrected chi connectivity index (χ2v) is 9.75. The van der Waals surface area contributed by atoms with Gasteiger partial charge in [0, 0.05) is 19.0 Å². The van der Waals surface area contributed by atoms with Crippen molar-refractivity contribution in [1.82, 2.24) is 10.2 Å². The Kier molecular flexibility index (Phi) is 7.77. The summed E-state index contributed by atoms with van der Waals surface area (Å²) in [6.45, 7) is 0.856. The monoisotopic (exact) mass is 482 g/mol. The molecule has 2 atom stereocenters. The Morgan fingerprint density at radius 1 is 1.12 bits per heavy atom. The van der Waals surface area contributed by atoms with Crippen molar-refractivity contribution in [3.8, 4) is 11.1 Å². The number of carboxylic acids is 1. The molecule has 0 saturated carbocycles. The Hall–Kier alpha value is -3.00. The first-order chi connectivity index (χ1) is 16.5. The van der Waals surface area contributed by atoms with E-state index in [-0.39, 0.29) is 25.0 Å². The highest BCUT2D eigenvalue weighted by Crippen LogP contribution is 2.44. The molecule has 180 valence electrons. The number of amides is 2. The quantitative estimate of drug-likeness (QED) is 0.591. The van der Waals surface area contributed by atoms with Crippen LogP contribution in [0.1, 0.15) is 36.3 Å². The van der Waals surface area contributed by atoms with Crippen molar-refractivity contribution in [1.29, 1.82) is 0 Å². The number of thioether (sulfide) groups is 1. The van der Waals surface area contributed by atoms with Crippen LogP contribution < -0.4 is 5.32 Å². The van der Waals surface area contributed by atoms with Gasteiger partial charge in [-0.2, -0.15) is 11.8 Å². The summed E-state index contributed by atoms with van der Waals surface area (Å²) in [5.41, 5.74) is 4.55. The minimum absolute atomic E-state index is 0.0584. The number of fused-ring (bicyclic) bond motifs is 3. The van der Waals surface area contributed by atoms with Crippen LogP contribution in [0.4, 0.5) is 4.79 Å². The predicted octanol–water partition coefficient (Wildman–Crippen LogP) is 3.97. The van der Waals surface area contributed by atoms with E-state index in [9.17, 15) is 19.5 Å². The highest BCUT2D eigenvalue weighted by atomic mass is 32.2. The van der Waals surface area contributed by atoms with E-state index < -0.39 is 24.0 Å². The molecule has 2 aromatic rings. The number of alkyl carbamates (subject to hydrolysis) is 1. The average Bonchev–Trinajstić information content (AvgIpc) is 3.18. The van der Waals surface area contributed by atoms with Crippen LogP contribution in [-0.2, 0) is 14.3 Å². The lowest BCUT2D eigenvalue weighted by Gasteiger charge is -2.33. The molecule has 7 nitrogen and oxygen atoms in total. The molecule has 2 N–H and O–H groups in total. The number of likely N-dealkylation sites (tertiary alicyclic amines) is 1. The summed E-state index contributed by atoms with van der Waals surface area (Å²) in [5, 5.41) is 12.1. The molecule has 1 aliphatic heterocycles. The van der Waals surface area contributed by atoms with Crippen LogP contribution in [0.3, 0.4) is 0 Å². The lowest BCUT2D eigenvalue weighted by Crippen LogP contribution is -2.52. The van der Waals surface area contributed by atoms with E-state index in [1.54, 1.807) is 16.7 Å². The van der Waals surface area contributed by atoms with Crippen LogP contribution >= 0.6 is 11.8 Å². The van der Waals surface area contributed by atoms with E-state index in [0.717, 1.165) is 22.3 Å². The molecular formula is C26H30N2O5S. The number of hydrogen-bond donors (Lipinski definition) is 2. The Balaban J connectivity index is 1.41. The number of carbonyl (C=O) groups is 3. The van der Waals surface area contributed by atoms with Crippen LogP contribution in [0.25, 0.3) is 11.1 Å². The van der Waals surface area contributed by atoms with E-state index >= 15 is 0 Å². The standard InChI is InChI=1S/C26H30N2O5S/c1-34-14-12-23(24(29)28-13-6-7-17(15-28)25(30)31)27-26(32)33-16-22-20-10-4-2-8-18(20)19-9-3-5-11-21(19)22/h2-5,8-11,17,22-23H,6-7,12-16H2,1H3,(H,27,32)(H,30,31)/t17-,23+/m0/s1. The molecular weight excluding hydrogens is 452 g/mol. The number of benzene rings is 2. The fraction of sp³-hybridized carbons (Fsp3) is 0.423. The molecule has 2 aliphatic rings. The van der Waals surface area contributed by atoms with Gasteiger partial charge in [0.05, 0.1) is 5.92 Å². The molecule has 1 aliphatic carbocycles. The number of carboxylic acid groups (broad SMARTS) is 1. The third-order valence-electron chi connectivity index (χ3n) is 6.63. The van der Waals surface area contributed by atoms with Gasteiger partial charge in [-0.05, 0) is 53.5 Å². The first kappa shape index (κ1) is 24.1. The van der Waals surface area contributed by atoms with Gasteiger partial charge in [-0.25, -0.2) is 4.79 Å². The second kappa shape index (κ2) is 11.0. The Morgan fingerprint density at radius 3 is 2.38 bits per heavy atom. The van der Waals surface area contributed by atoms with Gasteiger partial charge in [0.25, 0.3) is 0 Å². The second-order valence-electron chi connectivity index (χ2n) is 8.77. The van der Waals surface area contributed by atoms with Crippen LogP contribution in [-0.4, -0.2) is 65.7 Å². The maximum Gasteiger partial charge on any atom is 0.407 e. The zero-order valence-corrected chi connectivity index (χ0v) is 20.1. The van der Waals surface area contributed by atoms with Crippen LogP contribution in [0.15, 0.2) is 48.5 Å². The molecule has 34 heavy (non-hydrogen) atoms. The minimum Gasteiger partial charge on any atom is -0.481 e. The fourth-order valence-corrected chi connectivity index (χ4v) is 5.35. The van der Waals surface area contributed by atoms with Gasteiger partial charge < -0.3 is 20.1 Å². The summed E-state index contributed by atoms with van der Waals surface area (Å²) < 4.78 is 5.63. The van der Waals surface area contributed by atoms with Crippen LogP contribution in [0, 0.1) is 5.92 Å². The van der Waals surface area contributed by atoms with Crippen molar-refractivity contribution < 1.29 is 24.2 Å². The Bertz CT molecular complexity index is 1010. The molecule has 0 unspecified atom stereocenters. The van der Waals surface area contributed by atoms with Gasteiger partial charge >= 0.3 is 12.1 Å². The summed E-state index contributed by atoms with van der Waals surface area (Å²) in [5.74, 6) is -1.06. The number of nitrogens with one attached hydrogen (secondary N) is 1. The fourth-order valence-electron chi connectivity index (χ4n) is 4.87. The highest BCUT2D eigenvalue weighted by molar-refractivity contribution is 7.98. The molecule has 1 heterocycles. The summed E-state index contributed by atoms with van der Waals surface area (Å²) >= 11 is 1.59. The smallest absolute Gasteiger partial charge is 0.407 e. The van der Waals surface area contributed by atoms with Crippen molar-refractivity contribution in [2.45, 2.75) is 31.2 Å². The molecule has 0 aromatic heterocycles. The van der Waals surface area contributed by atoms with Crippen LogP contribution in [0.5, 0.6) is 0 Å². The largest absolute Gasteiger partial charge is 0.481 e. The first-order valence-corrected chi connectivity index (χ1v) is 13.0. The Morgan fingerprint density at radius 2 is 1.76 bits per heavy atom. The maximum atomic E-state index is 13.1. The normalized spacial score (nSPS) is 18.0. The molecule has 0 bridgehead atoms. The molecule has 2 amide bonds. The van der Waals surface area contributed by atoms with Gasteiger partial charge in [0.1, 0.15) is 12.6 Å². The third-order valence-corrected chi connectivity index (χ3v) is 7.27.